The lowest BCUT2D eigenvalue weighted by Crippen LogP contribution is -2.03. The van der Waals surface area contributed by atoms with Crippen molar-refractivity contribution in [1.82, 2.24) is 4.98 Å². The third-order valence-corrected chi connectivity index (χ3v) is 2.97. The maximum atomic E-state index is 5.34. The van der Waals surface area contributed by atoms with Crippen molar-refractivity contribution in [3.63, 3.8) is 0 Å². The van der Waals surface area contributed by atoms with Gasteiger partial charge in [0.05, 0.1) is 12.8 Å². The summed E-state index contributed by atoms with van der Waals surface area (Å²) in [6.45, 7) is 4.91. The van der Waals surface area contributed by atoms with Crippen molar-refractivity contribution in [3.05, 3.63) is 53.3 Å². The standard InChI is InChI=1S/C15H18N2O/c1-11-4-5-15(18-3)14(8-11)17-10-13-9-16-7-6-12(13)2/h4-9,17H,10H2,1-3H3. The normalized spacial score (nSPS) is 10.2. The van der Waals surface area contributed by atoms with Gasteiger partial charge >= 0.3 is 0 Å². The van der Waals surface area contributed by atoms with E-state index in [0.717, 1.165) is 18.0 Å². The van der Waals surface area contributed by atoms with Crippen LogP contribution in [0.15, 0.2) is 36.7 Å². The maximum Gasteiger partial charge on any atom is 0.141 e. The molecule has 0 aliphatic rings. The number of methoxy groups -OCH3 is 1. The number of hydrogen-bond acceptors (Lipinski definition) is 3. The molecule has 0 amide bonds. The largest absolute Gasteiger partial charge is 0.495 e. The molecule has 0 spiro atoms. The summed E-state index contributed by atoms with van der Waals surface area (Å²) >= 11 is 0. The van der Waals surface area contributed by atoms with Gasteiger partial charge in [0.1, 0.15) is 5.75 Å². The first-order chi connectivity index (χ1) is 8.70. The van der Waals surface area contributed by atoms with Crippen molar-refractivity contribution in [2.24, 2.45) is 0 Å². The van der Waals surface area contributed by atoms with E-state index in [9.17, 15) is 0 Å². The SMILES string of the molecule is COc1ccc(C)cc1NCc1cnccc1C. The number of nitrogens with one attached hydrogen (secondary N) is 1. The van der Waals surface area contributed by atoms with Crippen LogP contribution in [0.2, 0.25) is 0 Å². The van der Waals surface area contributed by atoms with E-state index >= 15 is 0 Å². The number of aryl methyl sites for hydroxylation is 2. The van der Waals surface area contributed by atoms with Gasteiger partial charge in [-0.1, -0.05) is 6.07 Å². The molecule has 0 unspecified atom stereocenters. The predicted molar refractivity (Wildman–Crippen MR) is 74.0 cm³/mol. The molecule has 0 saturated heterocycles. The zero-order chi connectivity index (χ0) is 13.0. The van der Waals surface area contributed by atoms with Gasteiger partial charge in [0.25, 0.3) is 0 Å². The van der Waals surface area contributed by atoms with Crippen molar-refractivity contribution in [2.45, 2.75) is 20.4 Å². The van der Waals surface area contributed by atoms with Crippen molar-refractivity contribution in [3.8, 4) is 5.75 Å². The molecule has 1 heterocycles. The molecule has 3 nitrogen and oxygen atoms in total. The molecule has 0 bridgehead atoms. The number of aromatic nitrogens is 1. The fourth-order valence-corrected chi connectivity index (χ4v) is 1.83. The van der Waals surface area contributed by atoms with Crippen LogP contribution in [-0.2, 0) is 6.54 Å². The first-order valence-corrected chi connectivity index (χ1v) is 5.98. The Balaban J connectivity index is 2.15. The predicted octanol–water partition coefficient (Wildman–Crippen LogP) is 3.32. The average molecular weight is 242 g/mol. The number of nitrogens with zero attached hydrogens (tertiary/aromatic N) is 1. The molecule has 2 rings (SSSR count). The van der Waals surface area contributed by atoms with Crippen molar-refractivity contribution >= 4 is 5.69 Å². The Labute approximate surface area is 108 Å². The lowest BCUT2D eigenvalue weighted by molar-refractivity contribution is 0.416. The van der Waals surface area contributed by atoms with Gasteiger partial charge in [-0.05, 0) is 48.7 Å². The Morgan fingerprint density at radius 3 is 2.78 bits per heavy atom. The van der Waals surface area contributed by atoms with Crippen LogP contribution in [0.4, 0.5) is 5.69 Å². The van der Waals surface area contributed by atoms with E-state index < -0.39 is 0 Å². The van der Waals surface area contributed by atoms with E-state index in [1.165, 1.54) is 16.7 Å². The molecule has 0 fully saturated rings. The average Bonchev–Trinajstić information content (AvgIpc) is 2.38. The Hall–Kier alpha value is -2.03. The minimum absolute atomic E-state index is 0.749. The van der Waals surface area contributed by atoms with Gasteiger partial charge < -0.3 is 10.1 Å². The fourth-order valence-electron chi connectivity index (χ4n) is 1.83. The highest BCUT2D eigenvalue weighted by Gasteiger charge is 2.03. The third-order valence-electron chi connectivity index (χ3n) is 2.97. The molecule has 18 heavy (non-hydrogen) atoms. The first kappa shape index (κ1) is 12.4. The molecule has 3 heteroatoms. The number of benzene rings is 1. The number of pyridine rings is 1. The van der Waals surface area contributed by atoms with Crippen LogP contribution < -0.4 is 10.1 Å². The van der Waals surface area contributed by atoms with E-state index in [0.29, 0.717) is 0 Å². The van der Waals surface area contributed by atoms with Crippen molar-refractivity contribution in [1.29, 1.82) is 0 Å². The van der Waals surface area contributed by atoms with Crippen molar-refractivity contribution < 1.29 is 4.74 Å². The Kier molecular flexibility index (Phi) is 3.82. The maximum absolute atomic E-state index is 5.34. The summed E-state index contributed by atoms with van der Waals surface area (Å²) in [5.74, 6) is 0.863. The molecule has 1 aromatic heterocycles. The minimum atomic E-state index is 0.749. The number of hydrogen-bond donors (Lipinski definition) is 1. The van der Waals surface area contributed by atoms with Crippen LogP contribution in [0.1, 0.15) is 16.7 Å². The highest BCUT2D eigenvalue weighted by Crippen LogP contribution is 2.25. The van der Waals surface area contributed by atoms with Crippen LogP contribution in [0.25, 0.3) is 0 Å². The molecule has 2 aromatic rings. The second kappa shape index (κ2) is 5.54. The highest BCUT2D eigenvalue weighted by molar-refractivity contribution is 5.58. The molecule has 0 saturated carbocycles. The van der Waals surface area contributed by atoms with Gasteiger partial charge in [0, 0.05) is 18.9 Å². The molecular formula is C15H18N2O. The summed E-state index contributed by atoms with van der Waals surface area (Å²) < 4.78 is 5.34. The third kappa shape index (κ3) is 2.80. The highest BCUT2D eigenvalue weighted by atomic mass is 16.5. The molecule has 0 aliphatic heterocycles. The summed E-state index contributed by atoms with van der Waals surface area (Å²) in [5, 5.41) is 3.40. The zero-order valence-electron chi connectivity index (χ0n) is 11.0. The lowest BCUT2D eigenvalue weighted by Gasteiger charge is -2.12. The summed E-state index contributed by atoms with van der Waals surface area (Å²) in [6.07, 6.45) is 3.71. The molecule has 0 atom stereocenters. The Bertz CT molecular complexity index is 538. The van der Waals surface area contributed by atoms with E-state index in [1.54, 1.807) is 7.11 Å². The van der Waals surface area contributed by atoms with Crippen LogP contribution in [0.3, 0.4) is 0 Å². The molecular weight excluding hydrogens is 224 g/mol. The monoisotopic (exact) mass is 242 g/mol. The quantitative estimate of drug-likeness (QED) is 0.893. The van der Waals surface area contributed by atoms with Crippen molar-refractivity contribution in [2.75, 3.05) is 12.4 Å². The van der Waals surface area contributed by atoms with Gasteiger partial charge in [-0.25, -0.2) is 0 Å². The first-order valence-electron chi connectivity index (χ1n) is 5.98. The fraction of sp³-hybridized carbons (Fsp3) is 0.267. The second-order valence-corrected chi connectivity index (χ2v) is 4.36. The van der Waals surface area contributed by atoms with E-state index in [1.807, 2.05) is 30.6 Å². The van der Waals surface area contributed by atoms with Gasteiger partial charge in [-0.15, -0.1) is 0 Å². The number of rotatable bonds is 4. The van der Waals surface area contributed by atoms with Gasteiger partial charge in [0.15, 0.2) is 0 Å². The van der Waals surface area contributed by atoms with E-state index in [2.05, 4.69) is 30.2 Å². The molecule has 0 radical (unpaired) electrons. The number of ether oxygens (including phenoxy) is 1. The summed E-state index contributed by atoms with van der Waals surface area (Å²) in [6, 6.07) is 8.13. The number of anilines is 1. The van der Waals surface area contributed by atoms with Crippen LogP contribution >= 0.6 is 0 Å². The van der Waals surface area contributed by atoms with Crippen LogP contribution in [-0.4, -0.2) is 12.1 Å². The van der Waals surface area contributed by atoms with Crippen LogP contribution in [0, 0.1) is 13.8 Å². The Morgan fingerprint density at radius 2 is 2.06 bits per heavy atom. The minimum Gasteiger partial charge on any atom is -0.495 e. The molecule has 94 valence electrons. The van der Waals surface area contributed by atoms with E-state index in [4.69, 9.17) is 4.74 Å². The second-order valence-electron chi connectivity index (χ2n) is 4.36. The lowest BCUT2D eigenvalue weighted by atomic mass is 10.1. The smallest absolute Gasteiger partial charge is 0.141 e. The van der Waals surface area contributed by atoms with Gasteiger partial charge in [-0.2, -0.15) is 0 Å². The van der Waals surface area contributed by atoms with E-state index in [-0.39, 0.29) is 0 Å². The molecule has 0 aliphatic carbocycles. The zero-order valence-corrected chi connectivity index (χ0v) is 11.0. The summed E-state index contributed by atoms with van der Waals surface area (Å²) in [5.41, 5.74) is 4.66. The van der Waals surface area contributed by atoms with Gasteiger partial charge in [-0.3, -0.25) is 4.98 Å². The molecule has 1 aromatic carbocycles. The topological polar surface area (TPSA) is 34.1 Å². The summed E-state index contributed by atoms with van der Waals surface area (Å²) in [4.78, 5) is 4.15. The van der Waals surface area contributed by atoms with Crippen LogP contribution in [0.5, 0.6) is 5.75 Å². The summed E-state index contributed by atoms with van der Waals surface area (Å²) in [7, 11) is 1.69. The Morgan fingerprint density at radius 1 is 1.22 bits per heavy atom. The molecule has 1 N–H and O–H groups in total. The van der Waals surface area contributed by atoms with Gasteiger partial charge in [0.2, 0.25) is 0 Å².